The molecule has 2 aromatic rings. The second kappa shape index (κ2) is 8.37. The zero-order valence-electron chi connectivity index (χ0n) is 14.7. The van der Waals surface area contributed by atoms with E-state index in [-0.39, 0.29) is 0 Å². The number of ether oxygens (including phenoxy) is 2. The first-order valence-electron chi connectivity index (χ1n) is 8.53. The van der Waals surface area contributed by atoms with Gasteiger partial charge in [0.05, 0.1) is 13.2 Å². The highest BCUT2D eigenvalue weighted by Crippen LogP contribution is 2.32. The van der Waals surface area contributed by atoms with Gasteiger partial charge in [-0.3, -0.25) is 9.98 Å². The van der Waals surface area contributed by atoms with E-state index in [2.05, 4.69) is 33.6 Å². The summed E-state index contributed by atoms with van der Waals surface area (Å²) in [5.41, 5.74) is 3.40. The van der Waals surface area contributed by atoms with E-state index >= 15 is 0 Å². The lowest BCUT2D eigenvalue weighted by Crippen LogP contribution is -2.32. The molecule has 0 radical (unpaired) electrons. The number of nitrogens with zero attached hydrogens (tertiary/aromatic N) is 2. The zero-order valence-corrected chi connectivity index (χ0v) is 14.7. The lowest BCUT2D eigenvalue weighted by atomic mass is 10.1. The molecule has 0 bridgehead atoms. The van der Waals surface area contributed by atoms with Gasteiger partial charge in [-0.1, -0.05) is 0 Å². The maximum Gasteiger partial charge on any atom is 0.195 e. The Kier molecular flexibility index (Phi) is 5.72. The maximum atomic E-state index is 5.73. The zero-order chi connectivity index (χ0) is 17.5. The van der Waals surface area contributed by atoms with Gasteiger partial charge in [0.1, 0.15) is 0 Å². The minimum atomic E-state index is 0.675. The minimum absolute atomic E-state index is 0.675. The normalized spacial score (nSPS) is 13.9. The van der Waals surface area contributed by atoms with Gasteiger partial charge in [0.25, 0.3) is 0 Å². The Morgan fingerprint density at radius 2 is 2.04 bits per heavy atom. The van der Waals surface area contributed by atoms with Gasteiger partial charge in [0.15, 0.2) is 17.5 Å². The van der Waals surface area contributed by atoms with Crippen molar-refractivity contribution >= 4 is 11.6 Å². The molecule has 0 fully saturated rings. The van der Waals surface area contributed by atoms with Gasteiger partial charge in [0.2, 0.25) is 0 Å². The van der Waals surface area contributed by atoms with E-state index in [1.165, 1.54) is 11.1 Å². The fourth-order valence-corrected chi connectivity index (χ4v) is 2.66. The number of pyridine rings is 1. The standard InChI is InChI=1S/C19H24N4O2/c1-14-13-21-8-6-15(14)7-9-22-19(20-2)23-16-4-5-17-18(12-16)25-11-3-10-24-17/h4-6,8,12-13H,3,7,9-11H2,1-2H3,(H2,20,22,23). The molecule has 0 saturated heterocycles. The van der Waals surface area contributed by atoms with Gasteiger partial charge < -0.3 is 20.1 Å². The smallest absolute Gasteiger partial charge is 0.195 e. The molecule has 3 rings (SSSR count). The summed E-state index contributed by atoms with van der Waals surface area (Å²) in [5, 5.41) is 6.62. The number of rotatable bonds is 4. The number of nitrogens with one attached hydrogen (secondary N) is 2. The van der Waals surface area contributed by atoms with E-state index in [9.17, 15) is 0 Å². The summed E-state index contributed by atoms with van der Waals surface area (Å²) in [7, 11) is 1.76. The van der Waals surface area contributed by atoms with Crippen LogP contribution in [0.15, 0.2) is 41.7 Å². The Morgan fingerprint density at radius 1 is 1.20 bits per heavy atom. The van der Waals surface area contributed by atoms with Crippen molar-refractivity contribution in [1.82, 2.24) is 10.3 Å². The van der Waals surface area contributed by atoms with Crippen LogP contribution < -0.4 is 20.1 Å². The Bertz CT molecular complexity index is 746. The van der Waals surface area contributed by atoms with Crippen molar-refractivity contribution in [2.75, 3.05) is 32.1 Å². The molecule has 0 spiro atoms. The van der Waals surface area contributed by atoms with Gasteiger partial charge in [-0.2, -0.15) is 0 Å². The van der Waals surface area contributed by atoms with Gasteiger partial charge in [-0.15, -0.1) is 0 Å². The first-order valence-corrected chi connectivity index (χ1v) is 8.53. The van der Waals surface area contributed by atoms with Crippen molar-refractivity contribution in [2.45, 2.75) is 19.8 Å². The van der Waals surface area contributed by atoms with Crippen LogP contribution in [0.25, 0.3) is 0 Å². The number of fused-ring (bicyclic) bond motifs is 1. The van der Waals surface area contributed by atoms with E-state index in [4.69, 9.17) is 9.47 Å². The number of aryl methyl sites for hydroxylation is 1. The highest BCUT2D eigenvalue weighted by atomic mass is 16.5. The second-order valence-electron chi connectivity index (χ2n) is 5.89. The molecule has 0 saturated carbocycles. The van der Waals surface area contributed by atoms with Gasteiger partial charge in [-0.25, -0.2) is 0 Å². The SMILES string of the molecule is CN=C(NCCc1ccncc1C)Nc1ccc2c(c1)OCCCO2. The van der Waals surface area contributed by atoms with Crippen molar-refractivity contribution < 1.29 is 9.47 Å². The van der Waals surface area contributed by atoms with Crippen LogP contribution in [0, 0.1) is 6.92 Å². The number of aliphatic imine (C=N–C) groups is 1. The number of guanidine groups is 1. The highest BCUT2D eigenvalue weighted by molar-refractivity contribution is 5.93. The van der Waals surface area contributed by atoms with Gasteiger partial charge in [-0.05, 0) is 42.7 Å². The monoisotopic (exact) mass is 340 g/mol. The molecule has 0 unspecified atom stereocenters. The lowest BCUT2D eigenvalue weighted by molar-refractivity contribution is 0.297. The summed E-state index contributed by atoms with van der Waals surface area (Å²) in [6.07, 6.45) is 5.53. The molecule has 1 aromatic heterocycles. The first-order chi connectivity index (χ1) is 12.3. The Labute approximate surface area is 148 Å². The predicted molar refractivity (Wildman–Crippen MR) is 99.7 cm³/mol. The minimum Gasteiger partial charge on any atom is -0.490 e. The summed E-state index contributed by atoms with van der Waals surface area (Å²) >= 11 is 0. The molecule has 0 amide bonds. The third-order valence-corrected chi connectivity index (χ3v) is 4.06. The summed E-state index contributed by atoms with van der Waals surface area (Å²) in [4.78, 5) is 8.40. The molecule has 2 heterocycles. The predicted octanol–water partition coefficient (Wildman–Crippen LogP) is 2.78. The topological polar surface area (TPSA) is 67.8 Å². The van der Waals surface area contributed by atoms with Crippen molar-refractivity contribution in [3.8, 4) is 11.5 Å². The van der Waals surface area contributed by atoms with Crippen LogP contribution in [0.2, 0.25) is 0 Å². The van der Waals surface area contributed by atoms with Crippen LogP contribution >= 0.6 is 0 Å². The number of aromatic nitrogens is 1. The molecule has 0 atom stereocenters. The Morgan fingerprint density at radius 3 is 2.84 bits per heavy atom. The summed E-state index contributed by atoms with van der Waals surface area (Å²) < 4.78 is 11.4. The molecule has 25 heavy (non-hydrogen) atoms. The summed E-state index contributed by atoms with van der Waals surface area (Å²) in [6, 6.07) is 7.89. The number of anilines is 1. The molecule has 2 N–H and O–H groups in total. The quantitative estimate of drug-likeness (QED) is 0.662. The van der Waals surface area contributed by atoms with Gasteiger partial charge in [0, 0.05) is 44.2 Å². The van der Waals surface area contributed by atoms with Crippen LogP contribution in [0.3, 0.4) is 0 Å². The Balaban J connectivity index is 1.57. The molecule has 1 aliphatic heterocycles. The van der Waals surface area contributed by atoms with E-state index in [0.29, 0.717) is 13.2 Å². The molecule has 0 aliphatic carbocycles. The first kappa shape index (κ1) is 17.1. The van der Waals surface area contributed by atoms with Gasteiger partial charge >= 0.3 is 0 Å². The molecule has 6 nitrogen and oxygen atoms in total. The summed E-state index contributed by atoms with van der Waals surface area (Å²) in [6.45, 7) is 4.23. The third kappa shape index (κ3) is 4.62. The van der Waals surface area contributed by atoms with Crippen LogP contribution in [0.1, 0.15) is 17.5 Å². The number of hydrogen-bond acceptors (Lipinski definition) is 4. The van der Waals surface area contributed by atoms with Crippen LogP contribution in [0.5, 0.6) is 11.5 Å². The Hall–Kier alpha value is -2.76. The molecule has 132 valence electrons. The average Bonchev–Trinajstić information content (AvgIpc) is 2.87. The fourth-order valence-electron chi connectivity index (χ4n) is 2.66. The van der Waals surface area contributed by atoms with E-state index in [1.54, 1.807) is 7.05 Å². The van der Waals surface area contributed by atoms with Crippen LogP contribution in [-0.2, 0) is 6.42 Å². The lowest BCUT2D eigenvalue weighted by Gasteiger charge is -2.14. The molecular weight excluding hydrogens is 316 g/mol. The average molecular weight is 340 g/mol. The van der Waals surface area contributed by atoms with Crippen LogP contribution in [0.4, 0.5) is 5.69 Å². The fraction of sp³-hybridized carbons (Fsp3) is 0.368. The van der Waals surface area contributed by atoms with E-state index in [0.717, 1.165) is 42.5 Å². The van der Waals surface area contributed by atoms with Crippen molar-refractivity contribution in [3.63, 3.8) is 0 Å². The largest absolute Gasteiger partial charge is 0.490 e. The molecule has 1 aliphatic rings. The molecular formula is C19H24N4O2. The maximum absolute atomic E-state index is 5.73. The van der Waals surface area contributed by atoms with E-state index < -0.39 is 0 Å². The van der Waals surface area contributed by atoms with E-state index in [1.807, 2.05) is 30.6 Å². The molecule has 6 heteroatoms. The summed E-state index contributed by atoms with van der Waals surface area (Å²) in [5.74, 6) is 2.28. The van der Waals surface area contributed by atoms with Crippen molar-refractivity contribution in [1.29, 1.82) is 0 Å². The number of benzene rings is 1. The molecule has 1 aromatic carbocycles. The second-order valence-corrected chi connectivity index (χ2v) is 5.89. The van der Waals surface area contributed by atoms with Crippen molar-refractivity contribution in [3.05, 3.63) is 47.8 Å². The van der Waals surface area contributed by atoms with Crippen molar-refractivity contribution in [2.24, 2.45) is 4.99 Å². The number of hydrogen-bond donors (Lipinski definition) is 2. The highest BCUT2D eigenvalue weighted by Gasteiger charge is 2.11. The van der Waals surface area contributed by atoms with Crippen LogP contribution in [-0.4, -0.2) is 37.7 Å². The third-order valence-electron chi connectivity index (χ3n) is 4.06.